The summed E-state index contributed by atoms with van der Waals surface area (Å²) >= 11 is 0. The molecule has 1 unspecified atom stereocenters. The van der Waals surface area contributed by atoms with Crippen LogP contribution in [0.15, 0.2) is 30.5 Å². The molecule has 3 N–H and O–H groups in total. The van der Waals surface area contributed by atoms with Crippen molar-refractivity contribution in [3.8, 4) is 0 Å². The molecule has 2 heterocycles. The lowest BCUT2D eigenvalue weighted by atomic mass is 9.89. The fourth-order valence-electron chi connectivity index (χ4n) is 4.50. The van der Waals surface area contributed by atoms with Gasteiger partial charge in [0.25, 0.3) is 5.91 Å². The molecule has 28 heavy (non-hydrogen) atoms. The van der Waals surface area contributed by atoms with Gasteiger partial charge in [-0.15, -0.1) is 0 Å². The number of H-pyrrole nitrogens is 1. The van der Waals surface area contributed by atoms with Gasteiger partial charge in [0.1, 0.15) is 0 Å². The monoisotopic (exact) mass is 382 g/mol. The Morgan fingerprint density at radius 3 is 2.82 bits per heavy atom. The molecule has 6 nitrogen and oxygen atoms in total. The molecule has 150 valence electrons. The maximum absolute atomic E-state index is 12.6. The molecule has 1 aromatic carbocycles. The van der Waals surface area contributed by atoms with Crippen molar-refractivity contribution in [3.63, 3.8) is 0 Å². The first-order valence-corrected chi connectivity index (χ1v) is 10.6. The molecule has 1 aliphatic carbocycles. The largest absolute Gasteiger partial charge is 0.360 e. The molecule has 0 bridgehead atoms. The summed E-state index contributed by atoms with van der Waals surface area (Å²) in [5.41, 5.74) is 1.63. The highest BCUT2D eigenvalue weighted by molar-refractivity contribution is 6.06. The number of hydrogen-bond acceptors (Lipinski definition) is 3. The zero-order chi connectivity index (χ0) is 19.3. The van der Waals surface area contributed by atoms with E-state index in [4.69, 9.17) is 0 Å². The molecule has 2 aromatic rings. The Kier molecular flexibility index (Phi) is 5.95. The van der Waals surface area contributed by atoms with E-state index in [0.717, 1.165) is 30.4 Å². The van der Waals surface area contributed by atoms with E-state index in [1.54, 1.807) is 6.20 Å². The van der Waals surface area contributed by atoms with Crippen molar-refractivity contribution in [2.45, 2.75) is 44.6 Å². The SMILES string of the molecule is O=C(NCC1CCN(CC2CCCCC2)C(=O)CN1)c1c[nH]c2ccccc12. The van der Waals surface area contributed by atoms with Crippen LogP contribution in [0.1, 0.15) is 48.9 Å². The van der Waals surface area contributed by atoms with Crippen LogP contribution in [0.5, 0.6) is 0 Å². The van der Waals surface area contributed by atoms with Gasteiger partial charge in [0.2, 0.25) is 5.91 Å². The Labute approximate surface area is 166 Å². The predicted molar refractivity (Wildman–Crippen MR) is 110 cm³/mol. The van der Waals surface area contributed by atoms with E-state index in [0.29, 0.717) is 24.6 Å². The average molecular weight is 383 g/mol. The van der Waals surface area contributed by atoms with E-state index in [2.05, 4.69) is 15.6 Å². The fourth-order valence-corrected chi connectivity index (χ4v) is 4.50. The molecule has 0 radical (unpaired) electrons. The quantitative estimate of drug-likeness (QED) is 0.744. The van der Waals surface area contributed by atoms with Crippen molar-refractivity contribution in [1.29, 1.82) is 0 Å². The molecular formula is C22H30N4O2. The smallest absolute Gasteiger partial charge is 0.253 e. The fraction of sp³-hybridized carbons (Fsp3) is 0.545. The van der Waals surface area contributed by atoms with Crippen LogP contribution >= 0.6 is 0 Å². The Balaban J connectivity index is 1.29. The van der Waals surface area contributed by atoms with Crippen LogP contribution in [0.3, 0.4) is 0 Å². The summed E-state index contributed by atoms with van der Waals surface area (Å²) in [6.45, 7) is 2.56. The second-order valence-electron chi connectivity index (χ2n) is 8.17. The molecule has 1 saturated carbocycles. The number of benzene rings is 1. The third-order valence-electron chi connectivity index (χ3n) is 6.19. The zero-order valence-corrected chi connectivity index (χ0v) is 16.4. The van der Waals surface area contributed by atoms with Crippen LogP contribution in [0.4, 0.5) is 0 Å². The van der Waals surface area contributed by atoms with Crippen LogP contribution in [-0.2, 0) is 4.79 Å². The molecule has 1 aliphatic heterocycles. The van der Waals surface area contributed by atoms with E-state index >= 15 is 0 Å². The standard InChI is InChI=1S/C22H30N4O2/c27-21-14-23-17(10-11-26(21)15-16-6-2-1-3-7-16)12-25-22(28)19-13-24-20-9-5-4-8-18(19)20/h4-5,8-9,13,16-17,23-24H,1-3,6-7,10-12,14-15H2,(H,25,28). The minimum atomic E-state index is -0.0751. The lowest BCUT2D eigenvalue weighted by molar-refractivity contribution is -0.130. The molecule has 2 fully saturated rings. The number of carbonyl (C=O) groups is 2. The van der Waals surface area contributed by atoms with Crippen molar-refractivity contribution in [2.24, 2.45) is 5.92 Å². The van der Waals surface area contributed by atoms with E-state index in [1.807, 2.05) is 29.2 Å². The van der Waals surface area contributed by atoms with Gasteiger partial charge in [-0.05, 0) is 31.2 Å². The number of rotatable bonds is 5. The van der Waals surface area contributed by atoms with Crippen LogP contribution in [-0.4, -0.2) is 53.9 Å². The third-order valence-corrected chi connectivity index (χ3v) is 6.19. The first kappa shape index (κ1) is 19.0. The van der Waals surface area contributed by atoms with Gasteiger partial charge in [-0.25, -0.2) is 0 Å². The molecule has 2 aliphatic rings. The van der Waals surface area contributed by atoms with Crippen LogP contribution in [0.2, 0.25) is 0 Å². The molecule has 0 spiro atoms. The van der Waals surface area contributed by atoms with Crippen LogP contribution < -0.4 is 10.6 Å². The van der Waals surface area contributed by atoms with Crippen molar-refractivity contribution in [2.75, 3.05) is 26.2 Å². The van der Waals surface area contributed by atoms with Crippen LogP contribution in [0, 0.1) is 5.92 Å². The molecule has 6 heteroatoms. The second-order valence-corrected chi connectivity index (χ2v) is 8.17. The highest BCUT2D eigenvalue weighted by Crippen LogP contribution is 2.25. The molecule has 2 amide bonds. The maximum Gasteiger partial charge on any atom is 0.253 e. The van der Waals surface area contributed by atoms with Crippen molar-refractivity contribution in [3.05, 3.63) is 36.0 Å². The van der Waals surface area contributed by atoms with Gasteiger partial charge in [-0.2, -0.15) is 0 Å². The maximum atomic E-state index is 12.6. The summed E-state index contributed by atoms with van der Waals surface area (Å²) in [7, 11) is 0. The van der Waals surface area contributed by atoms with Gasteiger partial charge >= 0.3 is 0 Å². The van der Waals surface area contributed by atoms with Gasteiger partial charge in [0.05, 0.1) is 12.1 Å². The number of nitrogens with one attached hydrogen (secondary N) is 3. The Bertz CT molecular complexity index is 825. The second kappa shape index (κ2) is 8.78. The number of amides is 2. The normalized spacial score (nSPS) is 21.6. The number of aromatic amines is 1. The lowest BCUT2D eigenvalue weighted by Crippen LogP contribution is -2.42. The summed E-state index contributed by atoms with van der Waals surface area (Å²) < 4.78 is 0. The minimum absolute atomic E-state index is 0.0751. The predicted octanol–water partition coefficient (Wildman–Crippen LogP) is 2.67. The summed E-state index contributed by atoms with van der Waals surface area (Å²) in [5, 5.41) is 7.29. The number of aromatic nitrogens is 1. The summed E-state index contributed by atoms with van der Waals surface area (Å²) in [5.74, 6) is 0.778. The van der Waals surface area contributed by atoms with Gasteiger partial charge in [0.15, 0.2) is 0 Å². The first-order chi connectivity index (χ1) is 13.7. The summed E-state index contributed by atoms with van der Waals surface area (Å²) in [6.07, 6.45) is 9.07. The van der Waals surface area contributed by atoms with Crippen molar-refractivity contribution in [1.82, 2.24) is 20.5 Å². The number of carbonyl (C=O) groups excluding carboxylic acids is 2. The Morgan fingerprint density at radius 2 is 1.96 bits per heavy atom. The van der Waals surface area contributed by atoms with E-state index < -0.39 is 0 Å². The number of hydrogen-bond donors (Lipinski definition) is 3. The highest BCUT2D eigenvalue weighted by Gasteiger charge is 2.25. The summed E-state index contributed by atoms with van der Waals surface area (Å²) in [6, 6.07) is 7.92. The van der Waals surface area contributed by atoms with Gasteiger partial charge < -0.3 is 20.5 Å². The molecule has 1 saturated heterocycles. The number of para-hydroxylation sites is 1. The van der Waals surface area contributed by atoms with Gasteiger partial charge in [-0.3, -0.25) is 9.59 Å². The van der Waals surface area contributed by atoms with E-state index in [9.17, 15) is 9.59 Å². The van der Waals surface area contributed by atoms with Gasteiger partial charge in [-0.1, -0.05) is 37.5 Å². The molecule has 1 aromatic heterocycles. The first-order valence-electron chi connectivity index (χ1n) is 10.6. The lowest BCUT2D eigenvalue weighted by Gasteiger charge is -2.28. The van der Waals surface area contributed by atoms with E-state index in [-0.39, 0.29) is 17.9 Å². The van der Waals surface area contributed by atoms with E-state index in [1.165, 1.54) is 32.1 Å². The molecule has 4 rings (SSSR count). The zero-order valence-electron chi connectivity index (χ0n) is 16.4. The Morgan fingerprint density at radius 1 is 1.14 bits per heavy atom. The molecule has 1 atom stereocenters. The number of fused-ring (bicyclic) bond motifs is 1. The van der Waals surface area contributed by atoms with Gasteiger partial charge in [0, 0.05) is 42.8 Å². The highest BCUT2D eigenvalue weighted by atomic mass is 16.2. The Hall–Kier alpha value is -2.34. The topological polar surface area (TPSA) is 77.2 Å². The average Bonchev–Trinajstić information content (AvgIpc) is 3.08. The third kappa shape index (κ3) is 4.38. The van der Waals surface area contributed by atoms with Crippen LogP contribution in [0.25, 0.3) is 10.9 Å². The summed E-state index contributed by atoms with van der Waals surface area (Å²) in [4.78, 5) is 30.3. The molecular weight excluding hydrogens is 352 g/mol. The van der Waals surface area contributed by atoms with Crippen molar-refractivity contribution < 1.29 is 9.59 Å². The number of nitrogens with zero attached hydrogens (tertiary/aromatic N) is 1. The minimum Gasteiger partial charge on any atom is -0.360 e. The van der Waals surface area contributed by atoms with Crippen molar-refractivity contribution >= 4 is 22.7 Å².